The molecule has 0 N–H and O–H groups in total. The summed E-state index contributed by atoms with van der Waals surface area (Å²) in [5.41, 5.74) is 0.836. The van der Waals surface area contributed by atoms with Gasteiger partial charge in [-0.3, -0.25) is 0 Å². The molecule has 0 rings (SSSR count). The van der Waals surface area contributed by atoms with Crippen LogP contribution in [0.15, 0.2) is 22.9 Å². The summed E-state index contributed by atoms with van der Waals surface area (Å²) in [4.78, 5) is 0. The van der Waals surface area contributed by atoms with Crippen molar-refractivity contribution >= 4 is 11.9 Å². The van der Waals surface area contributed by atoms with Gasteiger partial charge in [0.25, 0.3) is 0 Å². The summed E-state index contributed by atoms with van der Waals surface area (Å²) in [5, 5.41) is 7.36. The maximum atomic E-state index is 3.73. The van der Waals surface area contributed by atoms with Crippen LogP contribution >= 0.6 is 0 Å². The second-order valence-electron chi connectivity index (χ2n) is 1.32. The van der Waals surface area contributed by atoms with Crippen LogP contribution in [0.5, 0.6) is 0 Å². The van der Waals surface area contributed by atoms with Crippen LogP contribution < -0.4 is 0 Å². The van der Waals surface area contributed by atoms with Gasteiger partial charge in [0, 0.05) is 6.21 Å². The molecule has 0 aromatic heterocycles. The SMILES string of the molecule is C=C/C(C)=N\N=C\C. The molecule has 0 bridgehead atoms. The first-order valence-electron chi connectivity index (χ1n) is 2.46. The Morgan fingerprint density at radius 2 is 2.25 bits per heavy atom. The highest BCUT2D eigenvalue weighted by Crippen LogP contribution is 1.77. The molecular formula is C6H10N2. The fourth-order valence-electron chi connectivity index (χ4n) is 0.190. The van der Waals surface area contributed by atoms with E-state index in [2.05, 4.69) is 16.8 Å². The average Bonchev–Trinajstić information content (AvgIpc) is 1.83. The van der Waals surface area contributed by atoms with Gasteiger partial charge in [-0.2, -0.15) is 10.2 Å². The summed E-state index contributed by atoms with van der Waals surface area (Å²) in [5.74, 6) is 0. The van der Waals surface area contributed by atoms with Gasteiger partial charge in [-0.05, 0) is 19.9 Å². The van der Waals surface area contributed by atoms with Crippen molar-refractivity contribution in [3.05, 3.63) is 12.7 Å². The van der Waals surface area contributed by atoms with Crippen LogP contribution in [0.3, 0.4) is 0 Å². The molecule has 0 aromatic rings. The quantitative estimate of drug-likeness (QED) is 0.381. The van der Waals surface area contributed by atoms with E-state index in [4.69, 9.17) is 0 Å². The first-order valence-corrected chi connectivity index (χ1v) is 2.46. The molecule has 0 radical (unpaired) electrons. The molecule has 2 nitrogen and oxygen atoms in total. The molecule has 0 aliphatic rings. The van der Waals surface area contributed by atoms with E-state index in [9.17, 15) is 0 Å². The van der Waals surface area contributed by atoms with Crippen molar-refractivity contribution in [1.82, 2.24) is 0 Å². The molecule has 0 aliphatic heterocycles. The molecule has 0 saturated carbocycles. The monoisotopic (exact) mass is 110 g/mol. The number of hydrogen-bond acceptors (Lipinski definition) is 2. The van der Waals surface area contributed by atoms with Crippen LogP contribution in [0.2, 0.25) is 0 Å². The minimum Gasteiger partial charge on any atom is -0.164 e. The predicted octanol–water partition coefficient (Wildman–Crippen LogP) is 1.64. The summed E-state index contributed by atoms with van der Waals surface area (Å²) in [6.07, 6.45) is 3.29. The van der Waals surface area contributed by atoms with Crippen molar-refractivity contribution < 1.29 is 0 Å². The highest BCUT2D eigenvalue weighted by molar-refractivity contribution is 5.92. The first kappa shape index (κ1) is 7.08. The Balaban J connectivity index is 3.74. The Morgan fingerprint density at radius 1 is 1.62 bits per heavy atom. The van der Waals surface area contributed by atoms with E-state index in [1.807, 2.05) is 13.8 Å². The van der Waals surface area contributed by atoms with Crippen LogP contribution in [-0.2, 0) is 0 Å². The molecule has 0 aliphatic carbocycles. The van der Waals surface area contributed by atoms with Gasteiger partial charge in [0.1, 0.15) is 0 Å². The fourth-order valence-corrected chi connectivity index (χ4v) is 0.190. The fraction of sp³-hybridized carbons (Fsp3) is 0.333. The lowest BCUT2D eigenvalue weighted by molar-refractivity contribution is 1.24. The second-order valence-corrected chi connectivity index (χ2v) is 1.32. The van der Waals surface area contributed by atoms with Crippen LogP contribution in [-0.4, -0.2) is 11.9 Å². The Morgan fingerprint density at radius 3 is 2.62 bits per heavy atom. The van der Waals surface area contributed by atoms with Gasteiger partial charge >= 0.3 is 0 Å². The van der Waals surface area contributed by atoms with Crippen molar-refractivity contribution in [3.63, 3.8) is 0 Å². The lowest BCUT2D eigenvalue weighted by Gasteiger charge is -1.79. The Labute approximate surface area is 49.6 Å². The summed E-state index contributed by atoms with van der Waals surface area (Å²) < 4.78 is 0. The molecule has 0 heterocycles. The third kappa shape index (κ3) is 3.28. The standard InChI is InChI=1S/C6H10N2/c1-4-6(3)8-7-5-2/h4-5H,1H2,2-3H3/b7-5+,8-6-. The zero-order chi connectivity index (χ0) is 6.41. The smallest absolute Gasteiger partial charge is 0.0593 e. The van der Waals surface area contributed by atoms with Gasteiger partial charge in [0.05, 0.1) is 5.71 Å². The molecule has 8 heavy (non-hydrogen) atoms. The van der Waals surface area contributed by atoms with Gasteiger partial charge in [0.2, 0.25) is 0 Å². The zero-order valence-electron chi connectivity index (χ0n) is 5.26. The van der Waals surface area contributed by atoms with Crippen LogP contribution in [0.25, 0.3) is 0 Å². The number of rotatable bonds is 2. The number of nitrogens with zero attached hydrogens (tertiary/aromatic N) is 2. The average molecular weight is 110 g/mol. The van der Waals surface area contributed by atoms with Crippen molar-refractivity contribution in [2.24, 2.45) is 10.2 Å². The van der Waals surface area contributed by atoms with Crippen molar-refractivity contribution in [2.45, 2.75) is 13.8 Å². The highest BCUT2D eigenvalue weighted by atomic mass is 15.2. The van der Waals surface area contributed by atoms with E-state index in [0.29, 0.717) is 0 Å². The molecule has 0 atom stereocenters. The maximum absolute atomic E-state index is 3.73. The first-order chi connectivity index (χ1) is 3.81. The zero-order valence-corrected chi connectivity index (χ0v) is 5.26. The van der Waals surface area contributed by atoms with Gasteiger partial charge in [-0.15, -0.1) is 0 Å². The van der Waals surface area contributed by atoms with E-state index in [-0.39, 0.29) is 0 Å². The molecule has 0 aromatic carbocycles. The minimum atomic E-state index is 0.836. The normalized spacial score (nSPS) is 12.5. The molecule has 0 saturated heterocycles. The third-order valence-electron chi connectivity index (χ3n) is 0.626. The van der Waals surface area contributed by atoms with E-state index in [0.717, 1.165) is 5.71 Å². The van der Waals surface area contributed by atoms with Crippen molar-refractivity contribution in [1.29, 1.82) is 0 Å². The molecule has 0 spiro atoms. The molecular weight excluding hydrogens is 100 g/mol. The van der Waals surface area contributed by atoms with Crippen LogP contribution in [0.4, 0.5) is 0 Å². The van der Waals surface area contributed by atoms with Crippen LogP contribution in [0, 0.1) is 0 Å². The Bertz CT molecular complexity index is 122. The molecule has 0 fully saturated rings. The largest absolute Gasteiger partial charge is 0.164 e. The Hall–Kier alpha value is -0.920. The minimum absolute atomic E-state index is 0.836. The highest BCUT2D eigenvalue weighted by Gasteiger charge is 1.73. The number of hydrogen-bond donors (Lipinski definition) is 0. The van der Waals surface area contributed by atoms with Crippen molar-refractivity contribution in [3.8, 4) is 0 Å². The maximum Gasteiger partial charge on any atom is 0.0593 e. The van der Waals surface area contributed by atoms with Crippen LogP contribution in [0.1, 0.15) is 13.8 Å². The third-order valence-corrected chi connectivity index (χ3v) is 0.626. The lowest BCUT2D eigenvalue weighted by atomic mass is 10.4. The predicted molar refractivity (Wildman–Crippen MR) is 37.5 cm³/mol. The molecule has 0 amide bonds. The summed E-state index contributed by atoms with van der Waals surface area (Å²) in [6.45, 7) is 7.18. The van der Waals surface area contributed by atoms with E-state index in [1.165, 1.54) is 0 Å². The topological polar surface area (TPSA) is 24.7 Å². The van der Waals surface area contributed by atoms with Gasteiger partial charge in [-0.25, -0.2) is 0 Å². The summed E-state index contributed by atoms with van der Waals surface area (Å²) in [6, 6.07) is 0. The van der Waals surface area contributed by atoms with E-state index < -0.39 is 0 Å². The van der Waals surface area contributed by atoms with Crippen molar-refractivity contribution in [2.75, 3.05) is 0 Å². The van der Waals surface area contributed by atoms with E-state index in [1.54, 1.807) is 12.3 Å². The summed E-state index contributed by atoms with van der Waals surface area (Å²) in [7, 11) is 0. The summed E-state index contributed by atoms with van der Waals surface area (Å²) >= 11 is 0. The molecule has 2 heteroatoms. The van der Waals surface area contributed by atoms with Gasteiger partial charge < -0.3 is 0 Å². The van der Waals surface area contributed by atoms with E-state index >= 15 is 0 Å². The number of allylic oxidation sites excluding steroid dienone is 1. The Kier molecular flexibility index (Phi) is 3.76. The molecule has 0 unspecified atom stereocenters. The van der Waals surface area contributed by atoms with Gasteiger partial charge in [0.15, 0.2) is 0 Å². The van der Waals surface area contributed by atoms with Gasteiger partial charge in [-0.1, -0.05) is 6.58 Å². The lowest BCUT2D eigenvalue weighted by Crippen LogP contribution is -1.78. The second kappa shape index (κ2) is 4.24. The molecule has 44 valence electrons.